The van der Waals surface area contributed by atoms with Crippen LogP contribution in [-0.4, -0.2) is 12.5 Å². The molecule has 0 aliphatic rings. The average molecular weight is 362 g/mol. The third-order valence-corrected chi connectivity index (χ3v) is 5.23. The van der Waals surface area contributed by atoms with Crippen LogP contribution in [0.4, 0.5) is 5.69 Å². The fourth-order valence-electron chi connectivity index (χ4n) is 3.65. The smallest absolute Gasteiger partial charge is 0.279 e. The molecule has 3 aromatic rings. The van der Waals surface area contributed by atoms with E-state index >= 15 is 0 Å². The van der Waals surface area contributed by atoms with Gasteiger partial charge in [-0.1, -0.05) is 74.5 Å². The second-order valence-corrected chi connectivity index (χ2v) is 7.00. The van der Waals surface area contributed by atoms with E-state index in [1.54, 1.807) is 0 Å². The molecule has 0 spiro atoms. The molecule has 0 aliphatic heterocycles. The normalized spacial score (nSPS) is 12.1. The first-order valence-electron chi connectivity index (χ1n) is 9.85. The molecule has 3 nitrogen and oxygen atoms in total. The summed E-state index contributed by atoms with van der Waals surface area (Å²) in [6.45, 7) is 6.82. The summed E-state index contributed by atoms with van der Waals surface area (Å²) >= 11 is 0. The van der Waals surface area contributed by atoms with Crippen molar-refractivity contribution >= 4 is 22.4 Å². The highest BCUT2D eigenvalue weighted by atomic mass is 16.1. The standard InChI is InChI=1S/C24H28N2O/c1-4-18-11-8-12-19(5-2)24(18)26-23(27)16-25-17(3)21-15-9-13-20-10-6-7-14-22(20)21/h6-15,17,25H,4-5,16H2,1-3H3,(H,26,27)/p+1/t17-/m1/s1. The fourth-order valence-corrected chi connectivity index (χ4v) is 3.65. The molecule has 0 fully saturated rings. The third-order valence-electron chi connectivity index (χ3n) is 5.23. The molecule has 3 aromatic carbocycles. The molecule has 140 valence electrons. The van der Waals surface area contributed by atoms with Crippen molar-refractivity contribution in [2.24, 2.45) is 0 Å². The Morgan fingerprint density at radius 1 is 0.926 bits per heavy atom. The van der Waals surface area contributed by atoms with Crippen LogP contribution in [0.5, 0.6) is 0 Å². The van der Waals surface area contributed by atoms with Gasteiger partial charge in [-0.15, -0.1) is 0 Å². The number of carbonyl (C=O) groups excluding carboxylic acids is 1. The van der Waals surface area contributed by atoms with Gasteiger partial charge < -0.3 is 10.6 Å². The number of carbonyl (C=O) groups is 1. The van der Waals surface area contributed by atoms with E-state index in [-0.39, 0.29) is 11.9 Å². The number of rotatable bonds is 7. The van der Waals surface area contributed by atoms with Gasteiger partial charge >= 0.3 is 0 Å². The Morgan fingerprint density at radius 3 is 2.26 bits per heavy atom. The number of amides is 1. The summed E-state index contributed by atoms with van der Waals surface area (Å²) in [4.78, 5) is 12.6. The second kappa shape index (κ2) is 8.83. The summed E-state index contributed by atoms with van der Waals surface area (Å²) in [5.74, 6) is 0.0534. The van der Waals surface area contributed by atoms with Gasteiger partial charge in [0.15, 0.2) is 6.54 Å². The van der Waals surface area contributed by atoms with E-state index in [1.165, 1.54) is 27.5 Å². The number of hydrogen-bond acceptors (Lipinski definition) is 1. The van der Waals surface area contributed by atoms with Crippen molar-refractivity contribution in [3.8, 4) is 0 Å². The lowest BCUT2D eigenvalue weighted by atomic mass is 10.00. The molecule has 27 heavy (non-hydrogen) atoms. The molecule has 3 N–H and O–H groups in total. The van der Waals surface area contributed by atoms with E-state index in [1.807, 2.05) is 0 Å². The molecule has 3 heteroatoms. The number of benzene rings is 3. The lowest BCUT2D eigenvalue weighted by Gasteiger charge is -2.16. The van der Waals surface area contributed by atoms with Gasteiger partial charge in [-0.05, 0) is 41.7 Å². The van der Waals surface area contributed by atoms with E-state index in [0.717, 1.165) is 18.5 Å². The molecule has 0 radical (unpaired) electrons. The molecular weight excluding hydrogens is 332 g/mol. The lowest BCUT2D eigenvalue weighted by Crippen LogP contribution is -2.86. The summed E-state index contributed by atoms with van der Waals surface area (Å²) in [7, 11) is 0. The molecule has 0 aliphatic carbocycles. The molecule has 1 atom stereocenters. The largest absolute Gasteiger partial charge is 0.332 e. The maximum Gasteiger partial charge on any atom is 0.279 e. The highest BCUT2D eigenvalue weighted by Gasteiger charge is 2.15. The van der Waals surface area contributed by atoms with Gasteiger partial charge in [0.25, 0.3) is 5.91 Å². The Kier molecular flexibility index (Phi) is 6.25. The molecule has 3 rings (SSSR count). The highest BCUT2D eigenvalue weighted by molar-refractivity contribution is 5.93. The second-order valence-electron chi connectivity index (χ2n) is 7.00. The van der Waals surface area contributed by atoms with Crippen molar-refractivity contribution in [3.63, 3.8) is 0 Å². The van der Waals surface area contributed by atoms with Crippen molar-refractivity contribution in [2.75, 3.05) is 11.9 Å². The molecule has 0 saturated carbocycles. The van der Waals surface area contributed by atoms with Crippen LogP contribution in [0.25, 0.3) is 10.8 Å². The molecule has 0 unspecified atom stereocenters. The van der Waals surface area contributed by atoms with Gasteiger partial charge in [-0.2, -0.15) is 0 Å². The van der Waals surface area contributed by atoms with Crippen molar-refractivity contribution < 1.29 is 10.1 Å². The van der Waals surface area contributed by atoms with Crippen LogP contribution in [-0.2, 0) is 17.6 Å². The van der Waals surface area contributed by atoms with Crippen LogP contribution in [0.3, 0.4) is 0 Å². The summed E-state index contributed by atoms with van der Waals surface area (Å²) in [6.07, 6.45) is 1.83. The van der Waals surface area contributed by atoms with Crippen molar-refractivity contribution in [3.05, 3.63) is 77.4 Å². The fraction of sp³-hybridized carbons (Fsp3) is 0.292. The number of anilines is 1. The van der Waals surface area contributed by atoms with E-state index in [2.05, 4.69) is 92.1 Å². The minimum atomic E-state index is 0.0534. The molecule has 0 bridgehead atoms. The predicted molar refractivity (Wildman–Crippen MR) is 113 cm³/mol. The average Bonchev–Trinajstić information content (AvgIpc) is 2.71. The van der Waals surface area contributed by atoms with Gasteiger partial charge in [0.05, 0.1) is 0 Å². The molecule has 0 saturated heterocycles. The monoisotopic (exact) mass is 361 g/mol. The zero-order chi connectivity index (χ0) is 19.2. The van der Waals surface area contributed by atoms with Crippen LogP contribution < -0.4 is 10.6 Å². The van der Waals surface area contributed by atoms with Crippen LogP contribution in [0.2, 0.25) is 0 Å². The minimum absolute atomic E-state index is 0.0534. The van der Waals surface area contributed by atoms with Crippen molar-refractivity contribution in [2.45, 2.75) is 39.7 Å². The summed E-state index contributed by atoms with van der Waals surface area (Å²) in [5.41, 5.74) is 4.66. The highest BCUT2D eigenvalue weighted by Crippen LogP contribution is 2.23. The third kappa shape index (κ3) is 4.37. The van der Waals surface area contributed by atoms with Crippen LogP contribution in [0.15, 0.2) is 60.7 Å². The predicted octanol–water partition coefficient (Wildman–Crippen LogP) is 4.23. The summed E-state index contributed by atoms with van der Waals surface area (Å²) in [5, 5.41) is 7.76. The molecule has 1 amide bonds. The maximum absolute atomic E-state index is 12.6. The summed E-state index contributed by atoms with van der Waals surface area (Å²) in [6, 6.07) is 21.3. The molecular formula is C24H29N2O+. The quantitative estimate of drug-likeness (QED) is 0.650. The number of quaternary nitrogens is 1. The van der Waals surface area contributed by atoms with Gasteiger partial charge in [-0.3, -0.25) is 4.79 Å². The molecule has 0 aromatic heterocycles. The van der Waals surface area contributed by atoms with Crippen LogP contribution in [0.1, 0.15) is 43.5 Å². The van der Waals surface area contributed by atoms with Crippen molar-refractivity contribution in [1.82, 2.24) is 0 Å². The minimum Gasteiger partial charge on any atom is -0.332 e. The summed E-state index contributed by atoms with van der Waals surface area (Å²) < 4.78 is 0. The zero-order valence-corrected chi connectivity index (χ0v) is 16.5. The van der Waals surface area contributed by atoms with Crippen molar-refractivity contribution in [1.29, 1.82) is 0 Å². The Balaban J connectivity index is 1.69. The number of fused-ring (bicyclic) bond motifs is 1. The van der Waals surface area contributed by atoms with E-state index in [0.29, 0.717) is 6.54 Å². The first-order valence-corrected chi connectivity index (χ1v) is 9.85. The van der Waals surface area contributed by atoms with E-state index in [9.17, 15) is 4.79 Å². The Hall–Kier alpha value is -2.65. The Labute approximate surface area is 161 Å². The Bertz CT molecular complexity index is 905. The van der Waals surface area contributed by atoms with Crippen LogP contribution >= 0.6 is 0 Å². The number of nitrogens with two attached hydrogens (primary N) is 1. The first kappa shape index (κ1) is 19.1. The Morgan fingerprint density at radius 2 is 1.56 bits per heavy atom. The number of nitrogens with one attached hydrogen (secondary N) is 1. The van der Waals surface area contributed by atoms with Gasteiger partial charge in [-0.25, -0.2) is 0 Å². The number of aryl methyl sites for hydroxylation is 2. The first-order chi connectivity index (χ1) is 13.1. The lowest BCUT2D eigenvalue weighted by molar-refractivity contribution is -0.682. The molecule has 0 heterocycles. The SMILES string of the molecule is CCc1cccc(CC)c1NC(=O)C[NH2+][C@H](C)c1cccc2ccccc12. The van der Waals surface area contributed by atoms with E-state index < -0.39 is 0 Å². The maximum atomic E-state index is 12.6. The number of para-hydroxylation sites is 1. The van der Waals surface area contributed by atoms with Gasteiger partial charge in [0.2, 0.25) is 0 Å². The zero-order valence-electron chi connectivity index (χ0n) is 16.5. The van der Waals surface area contributed by atoms with E-state index in [4.69, 9.17) is 0 Å². The topological polar surface area (TPSA) is 45.7 Å². The van der Waals surface area contributed by atoms with Gasteiger partial charge in [0, 0.05) is 11.3 Å². The number of hydrogen-bond donors (Lipinski definition) is 2. The van der Waals surface area contributed by atoms with Gasteiger partial charge in [0.1, 0.15) is 6.04 Å². The van der Waals surface area contributed by atoms with Crippen LogP contribution in [0, 0.1) is 0 Å².